The summed E-state index contributed by atoms with van der Waals surface area (Å²) in [6.07, 6.45) is 0.660. The Kier molecular flexibility index (Phi) is 9.04. The summed E-state index contributed by atoms with van der Waals surface area (Å²) in [5.74, 6) is -1.86. The Labute approximate surface area is 75.7 Å². The lowest BCUT2D eigenvalue weighted by atomic mass is 10.3. The minimum absolute atomic E-state index is 0.0521. The fourth-order valence-corrected chi connectivity index (χ4v) is 0.182. The van der Waals surface area contributed by atoms with Gasteiger partial charge in [0, 0.05) is 12.0 Å². The van der Waals surface area contributed by atoms with Crippen LogP contribution in [0, 0.1) is 0 Å². The van der Waals surface area contributed by atoms with E-state index in [2.05, 4.69) is 6.58 Å². The molecule has 0 saturated carbocycles. The Hall–Kier alpha value is -1.65. The van der Waals surface area contributed by atoms with Gasteiger partial charge in [-0.25, -0.2) is 4.79 Å². The predicted octanol–water partition coefficient (Wildman–Crippen LogP) is 0.697. The molecule has 5 nitrogen and oxygen atoms in total. The average Bonchev–Trinajstić information content (AvgIpc) is 2.01. The molecule has 5 heteroatoms. The summed E-state index contributed by atoms with van der Waals surface area (Å²) in [5.41, 5.74) is 0.176. The third-order valence-corrected chi connectivity index (χ3v) is 0.841. The molecule has 0 rings (SSSR count). The second kappa shape index (κ2) is 8.45. The van der Waals surface area contributed by atoms with Gasteiger partial charge in [-0.15, -0.1) is 0 Å². The summed E-state index contributed by atoms with van der Waals surface area (Å²) in [6.45, 7) is 4.60. The molecule has 0 aromatic heterocycles. The molecule has 0 spiro atoms. The SMILES string of the molecule is C=C(C)C(=O)O.O=CCCC(=O)O. The highest BCUT2D eigenvalue weighted by Gasteiger charge is 1.91. The maximum Gasteiger partial charge on any atom is 0.330 e. The first-order chi connectivity index (χ1) is 5.91. The van der Waals surface area contributed by atoms with Crippen LogP contribution in [0.3, 0.4) is 0 Å². The van der Waals surface area contributed by atoms with Crippen molar-refractivity contribution in [2.24, 2.45) is 0 Å². The van der Waals surface area contributed by atoms with Crippen LogP contribution in [0.4, 0.5) is 0 Å². The molecule has 2 N–H and O–H groups in total. The van der Waals surface area contributed by atoms with Gasteiger partial charge in [-0.3, -0.25) is 4.79 Å². The third kappa shape index (κ3) is 17.9. The maximum atomic E-state index is 9.60. The first-order valence-electron chi connectivity index (χ1n) is 3.46. The zero-order valence-corrected chi connectivity index (χ0v) is 7.32. The van der Waals surface area contributed by atoms with E-state index in [4.69, 9.17) is 10.2 Å². The van der Waals surface area contributed by atoms with Gasteiger partial charge in [-0.05, 0) is 6.92 Å². The van der Waals surface area contributed by atoms with E-state index in [9.17, 15) is 14.4 Å². The Bertz CT molecular complexity index is 195. The molecule has 0 atom stereocenters. The summed E-state index contributed by atoms with van der Waals surface area (Å²) in [7, 11) is 0. The van der Waals surface area contributed by atoms with Crippen LogP contribution < -0.4 is 0 Å². The van der Waals surface area contributed by atoms with Gasteiger partial charge in [-0.2, -0.15) is 0 Å². The highest BCUT2D eigenvalue weighted by atomic mass is 16.4. The van der Waals surface area contributed by atoms with E-state index in [1.165, 1.54) is 6.92 Å². The number of rotatable bonds is 4. The van der Waals surface area contributed by atoms with Crippen molar-refractivity contribution in [1.82, 2.24) is 0 Å². The summed E-state index contributed by atoms with van der Waals surface area (Å²) in [4.78, 5) is 28.6. The Morgan fingerprint density at radius 3 is 1.85 bits per heavy atom. The molecular weight excluding hydrogens is 176 g/mol. The first-order valence-corrected chi connectivity index (χ1v) is 3.46. The highest BCUT2D eigenvalue weighted by Crippen LogP contribution is 1.81. The molecule has 13 heavy (non-hydrogen) atoms. The standard InChI is InChI=1S/C4H6O3.C4H6O2/c5-3-1-2-4(6)7;1-3(2)4(5)6/h3H,1-2H2,(H,6,7);1H2,2H3,(H,5,6). The van der Waals surface area contributed by atoms with E-state index in [1.54, 1.807) is 0 Å². The van der Waals surface area contributed by atoms with E-state index < -0.39 is 11.9 Å². The average molecular weight is 188 g/mol. The van der Waals surface area contributed by atoms with Crippen LogP contribution >= 0.6 is 0 Å². The zero-order valence-electron chi connectivity index (χ0n) is 7.32. The number of carbonyl (C=O) groups is 3. The van der Waals surface area contributed by atoms with Crippen molar-refractivity contribution < 1.29 is 24.6 Å². The molecule has 0 fully saturated rings. The van der Waals surface area contributed by atoms with Gasteiger partial charge in [0.1, 0.15) is 6.29 Å². The van der Waals surface area contributed by atoms with Crippen molar-refractivity contribution in [1.29, 1.82) is 0 Å². The molecule has 0 saturated heterocycles. The lowest BCUT2D eigenvalue weighted by Crippen LogP contribution is -1.93. The summed E-state index contributed by atoms with van der Waals surface area (Å²) in [5, 5.41) is 15.8. The molecule has 0 aliphatic carbocycles. The molecule has 0 amide bonds. The fraction of sp³-hybridized carbons (Fsp3) is 0.375. The lowest BCUT2D eigenvalue weighted by Gasteiger charge is -1.79. The third-order valence-electron chi connectivity index (χ3n) is 0.841. The normalized spacial score (nSPS) is 7.77. The number of carboxylic acids is 2. The van der Waals surface area contributed by atoms with E-state index in [-0.39, 0.29) is 18.4 Å². The Balaban J connectivity index is 0. The fourth-order valence-electron chi connectivity index (χ4n) is 0.182. The molecule has 0 aliphatic rings. The highest BCUT2D eigenvalue weighted by molar-refractivity contribution is 5.84. The molecular formula is C8H12O5. The van der Waals surface area contributed by atoms with Crippen LogP contribution in [0.15, 0.2) is 12.2 Å². The van der Waals surface area contributed by atoms with Crippen molar-refractivity contribution in [3.05, 3.63) is 12.2 Å². The summed E-state index contributed by atoms with van der Waals surface area (Å²) in [6, 6.07) is 0. The number of carboxylic acid groups (broad SMARTS) is 2. The Morgan fingerprint density at radius 1 is 1.38 bits per heavy atom. The minimum Gasteiger partial charge on any atom is -0.481 e. The van der Waals surface area contributed by atoms with Gasteiger partial charge in [0.25, 0.3) is 0 Å². The van der Waals surface area contributed by atoms with Crippen molar-refractivity contribution in [3.63, 3.8) is 0 Å². The van der Waals surface area contributed by atoms with E-state index in [1.807, 2.05) is 0 Å². The minimum atomic E-state index is -0.935. The van der Waals surface area contributed by atoms with Crippen molar-refractivity contribution in [3.8, 4) is 0 Å². The smallest absolute Gasteiger partial charge is 0.330 e. The molecule has 0 unspecified atom stereocenters. The Morgan fingerprint density at radius 2 is 1.77 bits per heavy atom. The van der Waals surface area contributed by atoms with Gasteiger partial charge in [0.15, 0.2) is 0 Å². The second-order valence-corrected chi connectivity index (χ2v) is 2.18. The van der Waals surface area contributed by atoms with Gasteiger partial charge in [-0.1, -0.05) is 6.58 Å². The molecule has 0 aromatic carbocycles. The van der Waals surface area contributed by atoms with Crippen molar-refractivity contribution in [2.75, 3.05) is 0 Å². The number of aldehydes is 1. The van der Waals surface area contributed by atoms with Gasteiger partial charge >= 0.3 is 11.9 Å². The van der Waals surface area contributed by atoms with Crippen LogP contribution in [-0.4, -0.2) is 28.4 Å². The number of hydrogen-bond acceptors (Lipinski definition) is 3. The predicted molar refractivity (Wildman–Crippen MR) is 45.4 cm³/mol. The molecule has 0 aromatic rings. The maximum absolute atomic E-state index is 9.60. The van der Waals surface area contributed by atoms with Crippen LogP contribution in [0.5, 0.6) is 0 Å². The monoisotopic (exact) mass is 188 g/mol. The first kappa shape index (κ1) is 13.9. The molecule has 0 aliphatic heterocycles. The number of aliphatic carboxylic acids is 2. The van der Waals surface area contributed by atoms with Gasteiger partial charge in [0.05, 0.1) is 6.42 Å². The zero-order chi connectivity index (χ0) is 10.9. The topological polar surface area (TPSA) is 91.7 Å². The van der Waals surface area contributed by atoms with Gasteiger partial charge in [0.2, 0.25) is 0 Å². The van der Waals surface area contributed by atoms with E-state index in [0.29, 0.717) is 6.29 Å². The second-order valence-electron chi connectivity index (χ2n) is 2.18. The largest absolute Gasteiger partial charge is 0.481 e. The van der Waals surface area contributed by atoms with Crippen molar-refractivity contribution in [2.45, 2.75) is 19.8 Å². The van der Waals surface area contributed by atoms with Crippen LogP contribution in [0.1, 0.15) is 19.8 Å². The molecule has 0 radical (unpaired) electrons. The summed E-state index contributed by atoms with van der Waals surface area (Å²) >= 11 is 0. The number of carbonyl (C=O) groups excluding carboxylic acids is 1. The number of hydrogen-bond donors (Lipinski definition) is 2. The van der Waals surface area contributed by atoms with Crippen LogP contribution in [0.25, 0.3) is 0 Å². The lowest BCUT2D eigenvalue weighted by molar-refractivity contribution is -0.137. The van der Waals surface area contributed by atoms with Crippen molar-refractivity contribution >= 4 is 18.2 Å². The van der Waals surface area contributed by atoms with E-state index in [0.717, 1.165) is 0 Å². The summed E-state index contributed by atoms with van der Waals surface area (Å²) < 4.78 is 0. The van der Waals surface area contributed by atoms with Gasteiger partial charge < -0.3 is 15.0 Å². The quantitative estimate of drug-likeness (QED) is 0.500. The molecule has 0 heterocycles. The van der Waals surface area contributed by atoms with Crippen LogP contribution in [-0.2, 0) is 14.4 Å². The molecule has 74 valence electrons. The molecule has 0 bridgehead atoms. The van der Waals surface area contributed by atoms with E-state index >= 15 is 0 Å². The van der Waals surface area contributed by atoms with Crippen LogP contribution in [0.2, 0.25) is 0 Å².